The molecule has 2 atom stereocenters. The lowest BCUT2D eigenvalue weighted by Crippen LogP contribution is -2.12. The van der Waals surface area contributed by atoms with Crippen LogP contribution in [0, 0.1) is 13.8 Å². The van der Waals surface area contributed by atoms with Crippen molar-refractivity contribution in [2.45, 2.75) is 26.1 Å². The van der Waals surface area contributed by atoms with Gasteiger partial charge in [-0.25, -0.2) is 0 Å². The molecule has 0 aliphatic heterocycles. The van der Waals surface area contributed by atoms with Crippen molar-refractivity contribution in [3.8, 4) is 0 Å². The van der Waals surface area contributed by atoms with Crippen LogP contribution in [-0.4, -0.2) is 25.4 Å². The van der Waals surface area contributed by atoms with E-state index >= 15 is 0 Å². The highest BCUT2D eigenvalue weighted by Crippen LogP contribution is 1.89. The third kappa shape index (κ3) is 7.92. The number of hydrogen-bond acceptors (Lipinski definition) is 2. The van der Waals surface area contributed by atoms with Gasteiger partial charge in [0, 0.05) is 0 Å². The molecule has 0 aliphatic carbocycles. The van der Waals surface area contributed by atoms with Crippen LogP contribution < -0.4 is 0 Å². The van der Waals surface area contributed by atoms with Crippen LogP contribution in [0.3, 0.4) is 0 Å². The molecular formula is C8H16O2. The average Bonchev–Trinajstić information content (AvgIpc) is 1.79. The van der Waals surface area contributed by atoms with Gasteiger partial charge in [0.05, 0.1) is 25.4 Å². The molecule has 2 nitrogen and oxygen atoms in total. The summed E-state index contributed by atoms with van der Waals surface area (Å²) in [6, 6.07) is 0. The fraction of sp³-hybridized carbons (Fsp3) is 0.750. The van der Waals surface area contributed by atoms with Gasteiger partial charge < -0.3 is 9.47 Å². The van der Waals surface area contributed by atoms with Crippen LogP contribution >= 0.6 is 0 Å². The quantitative estimate of drug-likeness (QED) is 0.544. The number of hydrogen-bond donors (Lipinski definition) is 0. The van der Waals surface area contributed by atoms with E-state index in [0.717, 1.165) is 0 Å². The van der Waals surface area contributed by atoms with E-state index in [0.29, 0.717) is 13.2 Å². The standard InChI is InChI=1S/C8H16O2/c1-7(2)9-5-6-10-8(3)4/h7-8H,1,3,5-6H2,2,4H3. The summed E-state index contributed by atoms with van der Waals surface area (Å²) in [6.07, 6.45) is 0.0902. The zero-order valence-electron chi connectivity index (χ0n) is 6.80. The Hall–Kier alpha value is -0.0800. The van der Waals surface area contributed by atoms with Crippen molar-refractivity contribution in [3.05, 3.63) is 13.8 Å². The van der Waals surface area contributed by atoms with Gasteiger partial charge in [0.2, 0.25) is 0 Å². The zero-order chi connectivity index (χ0) is 7.98. The van der Waals surface area contributed by atoms with E-state index in [4.69, 9.17) is 9.47 Å². The summed E-state index contributed by atoms with van der Waals surface area (Å²) in [4.78, 5) is 0. The van der Waals surface area contributed by atoms with Crippen molar-refractivity contribution < 1.29 is 9.47 Å². The Morgan fingerprint density at radius 2 is 1.30 bits per heavy atom. The maximum absolute atomic E-state index is 5.13. The third-order valence-electron chi connectivity index (χ3n) is 0.888. The van der Waals surface area contributed by atoms with Crippen LogP contribution in [-0.2, 0) is 9.47 Å². The number of rotatable bonds is 5. The van der Waals surface area contributed by atoms with Gasteiger partial charge in [0.15, 0.2) is 0 Å². The minimum atomic E-state index is 0.0451. The summed E-state index contributed by atoms with van der Waals surface area (Å²) in [5, 5.41) is 0. The molecule has 0 aromatic rings. The summed E-state index contributed by atoms with van der Waals surface area (Å²) < 4.78 is 10.3. The second kappa shape index (κ2) is 5.69. The zero-order valence-corrected chi connectivity index (χ0v) is 6.80. The van der Waals surface area contributed by atoms with Crippen LogP contribution in [0.5, 0.6) is 0 Å². The summed E-state index contributed by atoms with van der Waals surface area (Å²) in [5.41, 5.74) is 0. The second-order valence-corrected chi connectivity index (χ2v) is 2.36. The van der Waals surface area contributed by atoms with Crippen molar-refractivity contribution in [2.75, 3.05) is 13.2 Å². The van der Waals surface area contributed by atoms with E-state index in [2.05, 4.69) is 13.8 Å². The van der Waals surface area contributed by atoms with Gasteiger partial charge in [-0.1, -0.05) is 0 Å². The van der Waals surface area contributed by atoms with Crippen molar-refractivity contribution in [3.63, 3.8) is 0 Å². The Kier molecular flexibility index (Phi) is 5.64. The van der Waals surface area contributed by atoms with Crippen LogP contribution in [0.25, 0.3) is 0 Å². The van der Waals surface area contributed by atoms with E-state index < -0.39 is 0 Å². The molecule has 0 spiro atoms. The highest BCUT2D eigenvalue weighted by atomic mass is 16.5. The van der Waals surface area contributed by atoms with Crippen LogP contribution in [0.4, 0.5) is 0 Å². The molecule has 60 valence electrons. The van der Waals surface area contributed by atoms with Crippen molar-refractivity contribution in [2.24, 2.45) is 0 Å². The summed E-state index contributed by atoms with van der Waals surface area (Å²) in [5.74, 6) is 0. The fourth-order valence-electron chi connectivity index (χ4n) is 0.499. The van der Waals surface area contributed by atoms with E-state index in [1.165, 1.54) is 0 Å². The van der Waals surface area contributed by atoms with Gasteiger partial charge in [-0.2, -0.15) is 0 Å². The molecular weight excluding hydrogens is 128 g/mol. The first-order chi connectivity index (χ1) is 4.63. The fourth-order valence-corrected chi connectivity index (χ4v) is 0.499. The molecule has 2 heteroatoms. The monoisotopic (exact) mass is 144 g/mol. The molecule has 0 aromatic carbocycles. The van der Waals surface area contributed by atoms with Crippen molar-refractivity contribution >= 4 is 0 Å². The lowest BCUT2D eigenvalue weighted by Gasteiger charge is -2.09. The summed E-state index contributed by atoms with van der Waals surface area (Å²) in [7, 11) is 0. The molecule has 0 fully saturated rings. The van der Waals surface area contributed by atoms with E-state index in [9.17, 15) is 0 Å². The molecule has 0 saturated carbocycles. The summed E-state index contributed by atoms with van der Waals surface area (Å²) >= 11 is 0. The highest BCUT2D eigenvalue weighted by molar-refractivity contribution is 4.51. The van der Waals surface area contributed by atoms with Gasteiger partial charge in [0.25, 0.3) is 0 Å². The molecule has 0 aromatic heterocycles. The minimum Gasteiger partial charge on any atom is -0.376 e. The third-order valence-corrected chi connectivity index (χ3v) is 0.888. The average molecular weight is 144 g/mol. The molecule has 0 bridgehead atoms. The first-order valence-corrected chi connectivity index (χ1v) is 3.52. The minimum absolute atomic E-state index is 0.0451. The summed E-state index contributed by atoms with van der Waals surface area (Å²) in [6.45, 7) is 12.3. The van der Waals surface area contributed by atoms with E-state index in [1.54, 1.807) is 0 Å². The molecule has 0 heterocycles. The first-order valence-electron chi connectivity index (χ1n) is 3.52. The van der Waals surface area contributed by atoms with Gasteiger partial charge in [0.1, 0.15) is 0 Å². The molecule has 0 N–H and O–H groups in total. The van der Waals surface area contributed by atoms with Crippen molar-refractivity contribution in [1.29, 1.82) is 0 Å². The van der Waals surface area contributed by atoms with Crippen molar-refractivity contribution in [1.82, 2.24) is 0 Å². The predicted octanol–water partition coefficient (Wildman–Crippen LogP) is 1.46. The van der Waals surface area contributed by atoms with Crippen LogP contribution in [0.2, 0.25) is 0 Å². The predicted molar refractivity (Wildman–Crippen MR) is 41.5 cm³/mol. The molecule has 10 heavy (non-hydrogen) atoms. The molecule has 0 amide bonds. The smallest absolute Gasteiger partial charge is 0.0704 e. The topological polar surface area (TPSA) is 18.5 Å². The first kappa shape index (κ1) is 9.92. The Morgan fingerprint density at radius 1 is 1.00 bits per heavy atom. The largest absolute Gasteiger partial charge is 0.376 e. The Morgan fingerprint density at radius 3 is 1.50 bits per heavy atom. The molecule has 2 unspecified atom stereocenters. The van der Waals surface area contributed by atoms with Gasteiger partial charge >= 0.3 is 0 Å². The van der Waals surface area contributed by atoms with E-state index in [-0.39, 0.29) is 12.2 Å². The lowest BCUT2D eigenvalue weighted by molar-refractivity contribution is 0.0131. The Balaban J connectivity index is 2.91. The maximum Gasteiger partial charge on any atom is 0.0704 e. The van der Waals surface area contributed by atoms with Gasteiger partial charge in [-0.3, -0.25) is 0 Å². The lowest BCUT2D eigenvalue weighted by atomic mass is 10.5. The van der Waals surface area contributed by atoms with Crippen LogP contribution in [0.1, 0.15) is 13.8 Å². The molecule has 0 saturated heterocycles. The van der Waals surface area contributed by atoms with E-state index in [1.807, 2.05) is 13.8 Å². The molecule has 0 aliphatic rings. The highest BCUT2D eigenvalue weighted by Gasteiger charge is 1.94. The van der Waals surface area contributed by atoms with Gasteiger partial charge in [-0.05, 0) is 27.7 Å². The normalized spacial score (nSPS) is 11.4. The Labute approximate surface area is 63.5 Å². The molecule has 2 radical (unpaired) electrons. The second-order valence-electron chi connectivity index (χ2n) is 2.36. The molecule has 0 rings (SSSR count). The van der Waals surface area contributed by atoms with Gasteiger partial charge in [-0.15, -0.1) is 0 Å². The SMILES string of the molecule is [CH2]C(C)OCCOC([CH2])C. The van der Waals surface area contributed by atoms with Crippen LogP contribution in [0.15, 0.2) is 0 Å². The number of ether oxygens (including phenoxy) is 2. The Bertz CT molecular complexity index is 59.7. The maximum atomic E-state index is 5.13.